The van der Waals surface area contributed by atoms with Crippen LogP contribution in [0.5, 0.6) is 0 Å². The second-order valence-electron chi connectivity index (χ2n) is 3.55. The van der Waals surface area contributed by atoms with Crippen molar-refractivity contribution in [3.05, 3.63) is 12.7 Å². The number of carbonyl (C=O) groups excluding carboxylic acids is 2. The van der Waals surface area contributed by atoms with E-state index in [-0.39, 0.29) is 12.2 Å². The molecular formula is C12H20O3. The molecule has 0 aromatic heterocycles. The number of ketones is 1. The summed E-state index contributed by atoms with van der Waals surface area (Å²) in [5, 5.41) is 0. The molecule has 0 N–H and O–H groups in total. The molecular weight excluding hydrogens is 192 g/mol. The summed E-state index contributed by atoms with van der Waals surface area (Å²) in [7, 11) is 0. The highest BCUT2D eigenvalue weighted by Crippen LogP contribution is 2.10. The van der Waals surface area contributed by atoms with Crippen LogP contribution >= 0.6 is 0 Å². The molecule has 0 aliphatic heterocycles. The maximum Gasteiger partial charge on any atom is 0.303 e. The van der Waals surface area contributed by atoms with Gasteiger partial charge in [0, 0.05) is 13.3 Å². The number of carbonyl (C=O) groups is 2. The smallest absolute Gasteiger partial charge is 0.303 e. The molecule has 15 heavy (non-hydrogen) atoms. The topological polar surface area (TPSA) is 43.4 Å². The van der Waals surface area contributed by atoms with Crippen molar-refractivity contribution in [2.75, 3.05) is 0 Å². The Hall–Kier alpha value is -1.12. The monoisotopic (exact) mass is 212 g/mol. The van der Waals surface area contributed by atoms with Crippen molar-refractivity contribution >= 4 is 11.8 Å². The van der Waals surface area contributed by atoms with E-state index in [4.69, 9.17) is 4.74 Å². The number of hydrogen-bond donors (Lipinski definition) is 0. The molecule has 86 valence electrons. The van der Waals surface area contributed by atoms with Crippen molar-refractivity contribution in [3.8, 4) is 0 Å². The summed E-state index contributed by atoms with van der Waals surface area (Å²) in [4.78, 5) is 22.3. The Balaban J connectivity index is 4.10. The third-order valence-corrected chi connectivity index (χ3v) is 2.08. The van der Waals surface area contributed by atoms with Gasteiger partial charge >= 0.3 is 5.97 Å². The molecule has 0 amide bonds. The minimum atomic E-state index is -0.577. The van der Waals surface area contributed by atoms with Gasteiger partial charge in [-0.25, -0.2) is 0 Å². The highest BCUT2D eigenvalue weighted by atomic mass is 16.5. The van der Waals surface area contributed by atoms with Crippen LogP contribution < -0.4 is 0 Å². The molecule has 0 saturated heterocycles. The predicted molar refractivity (Wildman–Crippen MR) is 59.5 cm³/mol. The fourth-order valence-electron chi connectivity index (χ4n) is 1.34. The zero-order chi connectivity index (χ0) is 11.7. The second kappa shape index (κ2) is 8.21. The van der Waals surface area contributed by atoms with Crippen LogP contribution in [-0.4, -0.2) is 17.9 Å². The Labute approximate surface area is 91.5 Å². The molecule has 0 spiro atoms. The van der Waals surface area contributed by atoms with Gasteiger partial charge in [-0.1, -0.05) is 25.8 Å². The molecule has 0 aromatic rings. The fraction of sp³-hybridized carbons (Fsp3) is 0.667. The number of hydrogen-bond acceptors (Lipinski definition) is 3. The van der Waals surface area contributed by atoms with Crippen molar-refractivity contribution in [2.45, 2.75) is 52.1 Å². The maximum absolute atomic E-state index is 11.5. The first-order chi connectivity index (χ1) is 7.11. The highest BCUT2D eigenvalue weighted by Gasteiger charge is 2.19. The van der Waals surface area contributed by atoms with Crippen LogP contribution in [0.2, 0.25) is 0 Å². The van der Waals surface area contributed by atoms with Crippen molar-refractivity contribution < 1.29 is 14.3 Å². The first-order valence-electron chi connectivity index (χ1n) is 5.42. The Morgan fingerprint density at radius 3 is 2.53 bits per heavy atom. The lowest BCUT2D eigenvalue weighted by atomic mass is 10.1. The summed E-state index contributed by atoms with van der Waals surface area (Å²) in [6.45, 7) is 6.91. The molecule has 0 rings (SSSR count). The molecule has 0 aromatic carbocycles. The quantitative estimate of drug-likeness (QED) is 0.353. The average Bonchev–Trinajstić information content (AvgIpc) is 2.16. The van der Waals surface area contributed by atoms with Crippen molar-refractivity contribution in [1.82, 2.24) is 0 Å². The standard InChI is InChI=1S/C12H20O3/c1-4-6-7-9-12(15-10(3)13)11(14)8-5-2/h5,12H,2,4,6-9H2,1,3H3. The zero-order valence-electron chi connectivity index (χ0n) is 9.62. The van der Waals surface area contributed by atoms with E-state index in [1.165, 1.54) is 6.92 Å². The third-order valence-electron chi connectivity index (χ3n) is 2.08. The molecule has 3 nitrogen and oxygen atoms in total. The molecule has 0 heterocycles. The minimum absolute atomic E-state index is 0.0590. The summed E-state index contributed by atoms with van der Waals surface area (Å²) >= 11 is 0. The Bertz CT molecular complexity index is 221. The Morgan fingerprint density at radius 1 is 1.40 bits per heavy atom. The summed E-state index contributed by atoms with van der Waals surface area (Å²) in [5.41, 5.74) is 0. The van der Waals surface area contributed by atoms with Crippen LogP contribution in [0.1, 0.15) is 46.0 Å². The van der Waals surface area contributed by atoms with Gasteiger partial charge in [-0.2, -0.15) is 0 Å². The van der Waals surface area contributed by atoms with E-state index in [0.29, 0.717) is 6.42 Å². The fourth-order valence-corrected chi connectivity index (χ4v) is 1.34. The largest absolute Gasteiger partial charge is 0.455 e. The minimum Gasteiger partial charge on any atom is -0.455 e. The van der Waals surface area contributed by atoms with Gasteiger partial charge in [-0.3, -0.25) is 9.59 Å². The maximum atomic E-state index is 11.5. The van der Waals surface area contributed by atoms with Crippen LogP contribution in [-0.2, 0) is 14.3 Å². The number of rotatable bonds is 8. The van der Waals surface area contributed by atoms with E-state index in [9.17, 15) is 9.59 Å². The highest BCUT2D eigenvalue weighted by molar-refractivity contribution is 5.86. The number of Topliss-reactive ketones (excluding diaryl/α,β-unsaturated/α-hetero) is 1. The van der Waals surface area contributed by atoms with E-state index < -0.39 is 12.1 Å². The third kappa shape index (κ3) is 6.89. The molecule has 0 aliphatic carbocycles. The van der Waals surface area contributed by atoms with E-state index >= 15 is 0 Å². The van der Waals surface area contributed by atoms with Crippen molar-refractivity contribution in [1.29, 1.82) is 0 Å². The van der Waals surface area contributed by atoms with Gasteiger partial charge in [-0.05, 0) is 12.8 Å². The average molecular weight is 212 g/mol. The SMILES string of the molecule is C=CCC(=O)C(CCCCC)OC(C)=O. The summed E-state index contributed by atoms with van der Waals surface area (Å²) in [6, 6.07) is 0. The molecule has 1 unspecified atom stereocenters. The molecule has 0 saturated carbocycles. The number of esters is 1. The Morgan fingerprint density at radius 2 is 2.07 bits per heavy atom. The molecule has 0 fully saturated rings. The van der Waals surface area contributed by atoms with E-state index in [1.54, 1.807) is 6.08 Å². The first-order valence-corrected chi connectivity index (χ1v) is 5.42. The van der Waals surface area contributed by atoms with Crippen LogP contribution in [0.4, 0.5) is 0 Å². The summed E-state index contributed by atoms with van der Waals surface area (Å²) in [6.07, 6.45) is 4.91. The van der Waals surface area contributed by atoms with E-state index in [1.807, 2.05) is 0 Å². The lowest BCUT2D eigenvalue weighted by Gasteiger charge is -2.14. The first kappa shape index (κ1) is 13.9. The number of ether oxygens (including phenoxy) is 1. The van der Waals surface area contributed by atoms with Gasteiger partial charge < -0.3 is 4.74 Å². The predicted octanol–water partition coefficient (Wildman–Crippen LogP) is 2.64. The van der Waals surface area contributed by atoms with Crippen LogP contribution in [0, 0.1) is 0 Å². The molecule has 0 bridgehead atoms. The second-order valence-corrected chi connectivity index (χ2v) is 3.55. The van der Waals surface area contributed by atoms with Crippen molar-refractivity contribution in [3.63, 3.8) is 0 Å². The Kier molecular flexibility index (Phi) is 7.60. The number of allylic oxidation sites excluding steroid dienone is 1. The van der Waals surface area contributed by atoms with Gasteiger partial charge in [0.25, 0.3) is 0 Å². The van der Waals surface area contributed by atoms with Crippen LogP contribution in [0.25, 0.3) is 0 Å². The lowest BCUT2D eigenvalue weighted by molar-refractivity contribution is -0.153. The van der Waals surface area contributed by atoms with Crippen LogP contribution in [0.15, 0.2) is 12.7 Å². The number of unbranched alkanes of at least 4 members (excludes halogenated alkanes) is 2. The van der Waals surface area contributed by atoms with Gasteiger partial charge in [0.05, 0.1) is 0 Å². The zero-order valence-corrected chi connectivity index (χ0v) is 9.62. The van der Waals surface area contributed by atoms with Gasteiger partial charge in [-0.15, -0.1) is 6.58 Å². The lowest BCUT2D eigenvalue weighted by Crippen LogP contribution is -2.25. The van der Waals surface area contributed by atoms with Crippen molar-refractivity contribution in [2.24, 2.45) is 0 Å². The van der Waals surface area contributed by atoms with Gasteiger partial charge in [0.2, 0.25) is 0 Å². The van der Waals surface area contributed by atoms with Gasteiger partial charge in [0.15, 0.2) is 11.9 Å². The molecule has 1 atom stereocenters. The van der Waals surface area contributed by atoms with Crippen LogP contribution in [0.3, 0.4) is 0 Å². The van der Waals surface area contributed by atoms with E-state index in [0.717, 1.165) is 19.3 Å². The normalized spacial score (nSPS) is 11.9. The van der Waals surface area contributed by atoms with E-state index in [2.05, 4.69) is 13.5 Å². The summed E-state index contributed by atoms with van der Waals surface area (Å²) in [5.74, 6) is -0.454. The van der Waals surface area contributed by atoms with Gasteiger partial charge in [0.1, 0.15) is 0 Å². The molecule has 3 heteroatoms. The molecule has 0 radical (unpaired) electrons. The summed E-state index contributed by atoms with van der Waals surface area (Å²) < 4.78 is 4.98. The molecule has 0 aliphatic rings.